The fraction of sp³-hybridized carbons (Fsp3) is 0.200. The molecule has 4 nitrogen and oxygen atoms in total. The van der Waals surface area contributed by atoms with E-state index in [9.17, 15) is 0 Å². The highest BCUT2D eigenvalue weighted by Gasteiger charge is 2.26. The van der Waals surface area contributed by atoms with Crippen LogP contribution in [0.5, 0.6) is 0 Å². The highest BCUT2D eigenvalue weighted by molar-refractivity contribution is 7.98. The molecule has 1 aliphatic rings. The number of nitrogens with zero attached hydrogens (tertiary/aromatic N) is 4. The number of fused-ring (bicyclic) bond motifs is 1. The van der Waals surface area contributed by atoms with Crippen LogP contribution in [0.3, 0.4) is 0 Å². The van der Waals surface area contributed by atoms with Crippen LogP contribution in [-0.2, 0) is 0 Å². The van der Waals surface area contributed by atoms with Gasteiger partial charge in [0.25, 0.3) is 0 Å². The SMILES string of the molecule is CSc1cccc(C2=C(c3ccc4nccnc4c3)N(C)N(C)C2)c1. The number of benzene rings is 2. The first-order valence-corrected chi connectivity index (χ1v) is 9.43. The van der Waals surface area contributed by atoms with Crippen LogP contribution in [0.2, 0.25) is 0 Å². The summed E-state index contributed by atoms with van der Waals surface area (Å²) in [6.07, 6.45) is 5.59. The third-order valence-electron chi connectivity index (χ3n) is 4.67. The van der Waals surface area contributed by atoms with Gasteiger partial charge in [-0.2, -0.15) is 0 Å². The van der Waals surface area contributed by atoms with Gasteiger partial charge in [-0.1, -0.05) is 18.2 Å². The Morgan fingerprint density at radius 2 is 1.72 bits per heavy atom. The molecule has 0 spiro atoms. The lowest BCUT2D eigenvalue weighted by Gasteiger charge is -2.24. The Kier molecular flexibility index (Phi) is 4.19. The van der Waals surface area contributed by atoms with Gasteiger partial charge < -0.3 is 5.01 Å². The Morgan fingerprint density at radius 3 is 2.52 bits per heavy atom. The molecule has 5 heteroatoms. The van der Waals surface area contributed by atoms with Gasteiger partial charge in [0.15, 0.2) is 0 Å². The first-order chi connectivity index (χ1) is 12.2. The van der Waals surface area contributed by atoms with Crippen LogP contribution in [0.4, 0.5) is 0 Å². The van der Waals surface area contributed by atoms with Crippen molar-refractivity contribution in [1.82, 2.24) is 20.0 Å². The van der Waals surface area contributed by atoms with Gasteiger partial charge in [0.2, 0.25) is 0 Å². The summed E-state index contributed by atoms with van der Waals surface area (Å²) in [5.74, 6) is 0. The van der Waals surface area contributed by atoms with E-state index in [-0.39, 0.29) is 0 Å². The summed E-state index contributed by atoms with van der Waals surface area (Å²) in [5.41, 5.74) is 6.86. The first kappa shape index (κ1) is 16.1. The predicted octanol–water partition coefficient (Wildman–Crippen LogP) is 4.01. The average molecular weight is 348 g/mol. The number of rotatable bonds is 3. The van der Waals surface area contributed by atoms with Crippen LogP contribution in [0.25, 0.3) is 22.3 Å². The van der Waals surface area contributed by atoms with Crippen molar-refractivity contribution < 1.29 is 0 Å². The fourth-order valence-electron chi connectivity index (χ4n) is 3.29. The zero-order chi connectivity index (χ0) is 17.4. The quantitative estimate of drug-likeness (QED) is 0.668. The molecular weight excluding hydrogens is 328 g/mol. The number of likely N-dealkylation sites (N-methyl/N-ethyl adjacent to an activating group) is 1. The van der Waals surface area contributed by atoms with Crippen molar-refractivity contribution >= 4 is 34.1 Å². The zero-order valence-corrected chi connectivity index (χ0v) is 15.4. The lowest BCUT2D eigenvalue weighted by atomic mass is 10.00. The third kappa shape index (κ3) is 2.90. The number of aromatic nitrogens is 2. The second kappa shape index (κ2) is 6.50. The average Bonchev–Trinajstić information content (AvgIpc) is 2.96. The maximum Gasteiger partial charge on any atom is 0.0893 e. The lowest BCUT2D eigenvalue weighted by molar-refractivity contribution is 0.129. The maximum absolute atomic E-state index is 4.46. The second-order valence-corrected chi connectivity index (χ2v) is 7.04. The normalized spacial score (nSPS) is 15.4. The molecule has 0 bridgehead atoms. The van der Waals surface area contributed by atoms with Crippen LogP contribution in [0.1, 0.15) is 11.1 Å². The molecule has 4 rings (SSSR count). The van der Waals surface area contributed by atoms with Crippen molar-refractivity contribution in [2.24, 2.45) is 0 Å². The van der Waals surface area contributed by atoms with E-state index in [2.05, 4.69) is 76.7 Å². The summed E-state index contributed by atoms with van der Waals surface area (Å²) in [6, 6.07) is 15.1. The smallest absolute Gasteiger partial charge is 0.0893 e. The Morgan fingerprint density at radius 1 is 0.920 bits per heavy atom. The van der Waals surface area contributed by atoms with Gasteiger partial charge in [-0.3, -0.25) is 9.97 Å². The topological polar surface area (TPSA) is 32.3 Å². The van der Waals surface area contributed by atoms with Gasteiger partial charge >= 0.3 is 0 Å². The third-order valence-corrected chi connectivity index (χ3v) is 5.39. The Hall–Kier alpha value is -2.37. The van der Waals surface area contributed by atoms with Crippen molar-refractivity contribution in [3.63, 3.8) is 0 Å². The standard InChI is InChI=1S/C20H20N4S/c1-23-13-17(14-5-4-6-16(11-14)25-3)20(24(23)2)15-7-8-18-19(12-15)22-10-9-21-18/h4-12H,13H2,1-3H3. The van der Waals surface area contributed by atoms with Crippen LogP contribution >= 0.6 is 11.8 Å². The second-order valence-electron chi connectivity index (χ2n) is 6.16. The summed E-state index contributed by atoms with van der Waals surface area (Å²) in [6.45, 7) is 0.891. The van der Waals surface area contributed by atoms with Gasteiger partial charge in [-0.25, -0.2) is 5.01 Å². The van der Waals surface area contributed by atoms with Crippen molar-refractivity contribution in [3.8, 4) is 0 Å². The number of hydrogen-bond acceptors (Lipinski definition) is 5. The van der Waals surface area contributed by atoms with Crippen molar-refractivity contribution in [1.29, 1.82) is 0 Å². The molecule has 0 unspecified atom stereocenters. The minimum absolute atomic E-state index is 0.891. The predicted molar refractivity (Wildman–Crippen MR) is 105 cm³/mol. The minimum atomic E-state index is 0.891. The van der Waals surface area contributed by atoms with Crippen molar-refractivity contribution in [3.05, 3.63) is 66.0 Å². The molecule has 126 valence electrons. The Bertz CT molecular complexity index is 967. The van der Waals surface area contributed by atoms with Crippen LogP contribution in [0, 0.1) is 0 Å². The highest BCUT2D eigenvalue weighted by Crippen LogP contribution is 2.36. The van der Waals surface area contributed by atoms with Crippen molar-refractivity contribution in [2.45, 2.75) is 4.90 Å². The molecule has 0 atom stereocenters. The molecule has 2 heterocycles. The molecule has 0 fully saturated rings. The van der Waals surface area contributed by atoms with E-state index in [0.29, 0.717) is 0 Å². The summed E-state index contributed by atoms with van der Waals surface area (Å²) in [7, 11) is 4.23. The van der Waals surface area contributed by atoms with Crippen molar-refractivity contribution in [2.75, 3.05) is 26.9 Å². The van der Waals surface area contributed by atoms with Crippen LogP contribution in [0.15, 0.2) is 59.8 Å². The number of thioether (sulfide) groups is 1. The molecule has 0 radical (unpaired) electrons. The molecular formula is C20H20N4S. The monoisotopic (exact) mass is 348 g/mol. The lowest BCUT2D eigenvalue weighted by Crippen LogP contribution is -2.29. The number of hydrazine groups is 1. The largest absolute Gasteiger partial charge is 0.308 e. The Balaban J connectivity index is 1.89. The summed E-state index contributed by atoms with van der Waals surface area (Å²) >= 11 is 1.77. The van der Waals surface area contributed by atoms with Crippen LogP contribution in [-0.4, -0.2) is 46.9 Å². The molecule has 2 aromatic carbocycles. The van der Waals surface area contributed by atoms with Gasteiger partial charge in [0.05, 0.1) is 16.7 Å². The molecule has 0 saturated carbocycles. The van der Waals surface area contributed by atoms with Crippen LogP contribution < -0.4 is 0 Å². The molecule has 25 heavy (non-hydrogen) atoms. The fourth-order valence-corrected chi connectivity index (χ4v) is 3.75. The molecule has 1 aromatic heterocycles. The van der Waals surface area contributed by atoms with E-state index in [1.807, 2.05) is 6.07 Å². The van der Waals surface area contributed by atoms with E-state index >= 15 is 0 Å². The minimum Gasteiger partial charge on any atom is -0.308 e. The van der Waals surface area contributed by atoms with E-state index < -0.39 is 0 Å². The van der Waals surface area contributed by atoms with Gasteiger partial charge in [0, 0.05) is 49.1 Å². The van der Waals surface area contributed by atoms with E-state index in [1.54, 1.807) is 24.2 Å². The number of hydrogen-bond donors (Lipinski definition) is 0. The van der Waals surface area contributed by atoms with Gasteiger partial charge in [-0.05, 0) is 36.1 Å². The summed E-state index contributed by atoms with van der Waals surface area (Å²) in [4.78, 5) is 10.1. The van der Waals surface area contributed by atoms with Gasteiger partial charge in [0.1, 0.15) is 0 Å². The zero-order valence-electron chi connectivity index (χ0n) is 14.6. The molecule has 0 aliphatic carbocycles. The van der Waals surface area contributed by atoms with E-state index in [0.717, 1.165) is 17.6 Å². The molecule has 0 N–H and O–H groups in total. The Labute approximate surface area is 152 Å². The first-order valence-electron chi connectivity index (χ1n) is 8.21. The van der Waals surface area contributed by atoms with E-state index in [4.69, 9.17) is 0 Å². The van der Waals surface area contributed by atoms with Gasteiger partial charge in [-0.15, -0.1) is 11.8 Å². The molecule has 3 aromatic rings. The maximum atomic E-state index is 4.46. The molecule has 1 aliphatic heterocycles. The highest BCUT2D eigenvalue weighted by atomic mass is 32.2. The van der Waals surface area contributed by atoms with E-state index in [1.165, 1.54) is 27.3 Å². The summed E-state index contributed by atoms with van der Waals surface area (Å²) in [5, 5.41) is 4.45. The molecule has 0 amide bonds. The molecule has 0 saturated heterocycles. The summed E-state index contributed by atoms with van der Waals surface area (Å²) < 4.78 is 0.